The molecule has 0 aromatic heterocycles. The van der Waals surface area contributed by atoms with Crippen LogP contribution in [0.15, 0.2) is 0 Å². The summed E-state index contributed by atoms with van der Waals surface area (Å²) in [5.41, 5.74) is 0. The van der Waals surface area contributed by atoms with E-state index in [1.807, 2.05) is 0 Å². The van der Waals surface area contributed by atoms with Crippen LogP contribution in [0.2, 0.25) is 0 Å². The largest absolute Gasteiger partial charge is 2.00 e. The van der Waals surface area contributed by atoms with Crippen molar-refractivity contribution in [2.75, 3.05) is 0 Å². The second kappa shape index (κ2) is 2580. The summed E-state index contributed by atoms with van der Waals surface area (Å²) in [5.74, 6) is 0. The maximum absolute atomic E-state index is 6.25. The minimum absolute atomic E-state index is 0. The van der Waals surface area contributed by atoms with Crippen molar-refractivity contribution >= 4 is 0 Å². The van der Waals surface area contributed by atoms with Crippen LogP contribution in [0, 0.1) is 42.4 Å². The summed E-state index contributed by atoms with van der Waals surface area (Å²) in [4.78, 5) is 0. The molecule has 0 aliphatic heterocycles. The molecule has 0 unspecified atom stereocenters. The van der Waals surface area contributed by atoms with E-state index in [-0.39, 0.29) is 45.9 Å². The molecule has 77 valence electrons. The number of nitrogens with zero attached hydrogens (tertiary/aromatic N) is 3. The Bertz CT molecular complexity index is 48.3. The van der Waals surface area contributed by atoms with Crippen molar-refractivity contribution < 1.29 is 33.6 Å². The molecule has 1 radical (unpaired) electrons. The minimum atomic E-state index is 0. The van der Waals surface area contributed by atoms with Gasteiger partial charge in [0.25, 0.3) is 0 Å². The van der Waals surface area contributed by atoms with E-state index >= 15 is 0 Å². The van der Waals surface area contributed by atoms with E-state index < -0.39 is 0 Å². The molecule has 6 N–H and O–H groups in total. The maximum Gasteiger partial charge on any atom is 2.00 e. The van der Waals surface area contributed by atoms with Crippen molar-refractivity contribution in [1.29, 1.82) is 15.8 Å². The Labute approximate surface area is 95.3 Å². The molecule has 0 atom stereocenters. The molecule has 0 heterocycles. The molecule has 0 rings (SSSR count). The molecule has 0 aliphatic rings. The van der Waals surface area contributed by atoms with Crippen molar-refractivity contribution in [2.45, 2.75) is 6.92 Å². The van der Waals surface area contributed by atoms with Crippen molar-refractivity contribution in [3.8, 4) is 0 Å². The zero-order chi connectivity index (χ0) is 8.00. The van der Waals surface area contributed by atoms with Gasteiger partial charge in [0.05, 0.1) is 0 Å². The van der Waals surface area contributed by atoms with Gasteiger partial charge in [-0.05, 0) is 0 Å². The van der Waals surface area contributed by atoms with Crippen LogP contribution in [0.1, 0.15) is 6.92 Å². The fourth-order valence-corrected chi connectivity index (χ4v) is 0. The van der Waals surface area contributed by atoms with Gasteiger partial charge < -0.3 is 54.7 Å². The van der Waals surface area contributed by atoms with Gasteiger partial charge in [0, 0.05) is 0 Å². The summed E-state index contributed by atoms with van der Waals surface area (Å²) in [5, 5.41) is 18.8. The molecular formula is C5H11CuN5Ni. The first kappa shape index (κ1) is 107. The van der Waals surface area contributed by atoms with Gasteiger partial charge in [-0.3, -0.25) is 0 Å². The third-order valence-electron chi connectivity index (χ3n) is 0. The van der Waals surface area contributed by atoms with Crippen LogP contribution in [0.5, 0.6) is 0 Å². The van der Waals surface area contributed by atoms with Crippen LogP contribution in [0.3, 0.4) is 0 Å². The number of rotatable bonds is 0. The summed E-state index contributed by atoms with van der Waals surface area (Å²) in [6.07, 6.45) is 0. The van der Waals surface area contributed by atoms with E-state index in [0.29, 0.717) is 0 Å². The minimum Gasteiger partial charge on any atom is -0.512 e. The molecule has 0 spiro atoms. The molecule has 0 aromatic carbocycles. The Morgan fingerprint density at radius 3 is 0.750 bits per heavy atom. The summed E-state index contributed by atoms with van der Waals surface area (Å²) >= 11 is 0. The summed E-state index contributed by atoms with van der Waals surface area (Å²) in [6, 6.07) is 0. The third kappa shape index (κ3) is 1860. The molecule has 0 saturated carbocycles. The third-order valence-corrected chi connectivity index (χ3v) is 0. The van der Waals surface area contributed by atoms with Gasteiger partial charge in [-0.2, -0.15) is 6.92 Å². The Kier molecular flexibility index (Phi) is 22900. The van der Waals surface area contributed by atoms with E-state index in [9.17, 15) is 0 Å². The fraction of sp³-hybridized carbons (Fsp3) is 0.200. The molecule has 5 nitrogen and oxygen atoms in total. The summed E-state index contributed by atoms with van der Waals surface area (Å²) < 4.78 is 0. The van der Waals surface area contributed by atoms with Crippen LogP contribution >= 0.6 is 0 Å². The van der Waals surface area contributed by atoms with Gasteiger partial charge in [0.15, 0.2) is 0 Å². The average molecular weight is 263 g/mol. The molecule has 0 aromatic rings. The van der Waals surface area contributed by atoms with Gasteiger partial charge in [-0.25, -0.2) is 0 Å². The van der Waals surface area contributed by atoms with E-state index in [2.05, 4.69) is 6.92 Å². The summed E-state index contributed by atoms with van der Waals surface area (Å²) in [6.45, 7) is 19.2. The smallest absolute Gasteiger partial charge is 0.512 e. The van der Waals surface area contributed by atoms with Gasteiger partial charge in [-0.15, -0.1) is 0 Å². The molecule has 0 bridgehead atoms. The quantitative estimate of drug-likeness (QED) is 0.502. The van der Waals surface area contributed by atoms with E-state index in [1.165, 1.54) is 0 Å². The van der Waals surface area contributed by atoms with Crippen LogP contribution in [0.25, 0.3) is 0 Å². The SMILES string of the molecule is N.N.[C-]#N.[C-]#N.[C-]#N.[CH2-]C.[Cu+2].[Ni+2]. The van der Waals surface area contributed by atoms with Crippen LogP contribution in [-0.4, -0.2) is 0 Å². The topological polar surface area (TPSA) is 141 Å². The van der Waals surface area contributed by atoms with Crippen molar-refractivity contribution in [1.82, 2.24) is 12.3 Å². The molecule has 0 fully saturated rings. The van der Waals surface area contributed by atoms with Gasteiger partial charge in [0.2, 0.25) is 0 Å². The fourth-order valence-electron chi connectivity index (χ4n) is 0. The van der Waals surface area contributed by atoms with Crippen molar-refractivity contribution in [3.63, 3.8) is 0 Å². The monoisotopic (exact) mass is 262 g/mol. The average Bonchev–Trinajstić information content (AvgIpc) is 2.03. The maximum atomic E-state index is 6.25. The van der Waals surface area contributed by atoms with Crippen LogP contribution in [-0.2, 0) is 33.6 Å². The zero-order valence-corrected chi connectivity index (χ0v) is 8.51. The Morgan fingerprint density at radius 2 is 0.750 bits per heavy atom. The first-order valence-corrected chi connectivity index (χ1v) is 1.38. The molecule has 0 aliphatic carbocycles. The molecular weight excluding hydrogens is 252 g/mol. The van der Waals surface area contributed by atoms with E-state index in [4.69, 9.17) is 35.5 Å². The number of hydrogen-bond donors (Lipinski definition) is 2. The number of hydrogen-bond acceptors (Lipinski definition) is 5. The van der Waals surface area contributed by atoms with Gasteiger partial charge in [0.1, 0.15) is 0 Å². The summed E-state index contributed by atoms with van der Waals surface area (Å²) in [7, 11) is 0. The standard InChI is InChI=1S/C2H5.3CN.Cu.2H3N.Ni/c4*1-2;;;;/h1H2,2H3;;;;;2*1H3;/q4*-1;+2;;;+2. The molecule has 0 saturated heterocycles. The van der Waals surface area contributed by atoms with Gasteiger partial charge in [-0.1, -0.05) is 0 Å². The predicted molar refractivity (Wildman–Crippen MR) is 36.0 cm³/mol. The predicted octanol–water partition coefficient (Wildman–Crippen LogP) is 1.45. The second-order valence-electron chi connectivity index (χ2n) is 0. The second-order valence-corrected chi connectivity index (χ2v) is 0. The molecule has 7 heteroatoms. The molecule has 12 heavy (non-hydrogen) atoms. The van der Waals surface area contributed by atoms with Gasteiger partial charge >= 0.3 is 33.6 Å². The first-order chi connectivity index (χ1) is 4.00. The normalized spacial score (nSPS) is 1.00. The van der Waals surface area contributed by atoms with E-state index in [1.54, 1.807) is 6.92 Å². The van der Waals surface area contributed by atoms with E-state index in [0.717, 1.165) is 0 Å². The zero-order valence-electron chi connectivity index (χ0n) is 6.58. The van der Waals surface area contributed by atoms with Crippen molar-refractivity contribution in [2.24, 2.45) is 0 Å². The van der Waals surface area contributed by atoms with Crippen molar-refractivity contribution in [3.05, 3.63) is 26.6 Å². The van der Waals surface area contributed by atoms with Crippen LogP contribution in [0.4, 0.5) is 0 Å². The molecule has 0 amide bonds. The Morgan fingerprint density at radius 1 is 0.750 bits per heavy atom. The Balaban J connectivity index is -0.00000000267. The Hall–Kier alpha value is -0.597. The van der Waals surface area contributed by atoms with Crippen LogP contribution < -0.4 is 12.3 Å². The first-order valence-electron chi connectivity index (χ1n) is 1.38.